The zero-order valence-corrected chi connectivity index (χ0v) is 14.6. The summed E-state index contributed by atoms with van der Waals surface area (Å²) in [6, 6.07) is 16.7. The van der Waals surface area contributed by atoms with Gasteiger partial charge in [0.05, 0.1) is 6.04 Å². The highest BCUT2D eigenvalue weighted by Crippen LogP contribution is 2.32. The predicted molar refractivity (Wildman–Crippen MR) is 107 cm³/mol. The van der Waals surface area contributed by atoms with Gasteiger partial charge < -0.3 is 5.32 Å². The molecular weight excluding hydrogens is 320 g/mol. The normalized spacial score (nSPS) is 20.8. The summed E-state index contributed by atoms with van der Waals surface area (Å²) < 4.78 is 0. The van der Waals surface area contributed by atoms with Crippen molar-refractivity contribution in [2.75, 3.05) is 5.32 Å². The van der Waals surface area contributed by atoms with Gasteiger partial charge in [0, 0.05) is 29.1 Å². The minimum atomic E-state index is -0.0107. The zero-order chi connectivity index (χ0) is 17.9. The Labute approximate surface area is 153 Å². The fraction of sp³-hybridized carbons (Fsp3) is 0.130. The summed E-state index contributed by atoms with van der Waals surface area (Å²) in [5, 5.41) is 3.57. The van der Waals surface area contributed by atoms with Gasteiger partial charge in [-0.3, -0.25) is 9.79 Å². The summed E-state index contributed by atoms with van der Waals surface area (Å²) in [5.41, 5.74) is 6.39. The smallest absolute Gasteiger partial charge is 0.151 e. The van der Waals surface area contributed by atoms with Crippen LogP contribution >= 0.6 is 0 Å². The molecule has 1 heterocycles. The summed E-state index contributed by atoms with van der Waals surface area (Å²) in [6.45, 7) is 2.13. The average molecular weight is 340 g/mol. The second kappa shape index (κ2) is 6.96. The van der Waals surface area contributed by atoms with Crippen LogP contribution in [0.15, 0.2) is 89.1 Å². The van der Waals surface area contributed by atoms with Crippen LogP contribution in [0.2, 0.25) is 0 Å². The van der Waals surface area contributed by atoms with Gasteiger partial charge in [0.1, 0.15) is 0 Å². The average Bonchev–Trinajstić information content (AvgIpc) is 2.70. The van der Waals surface area contributed by atoms with Gasteiger partial charge in [-0.15, -0.1) is 0 Å². The van der Waals surface area contributed by atoms with Crippen molar-refractivity contribution in [3.8, 4) is 11.1 Å². The number of hydrogen-bond acceptors (Lipinski definition) is 3. The van der Waals surface area contributed by atoms with Gasteiger partial charge in [-0.05, 0) is 35.8 Å². The van der Waals surface area contributed by atoms with Crippen molar-refractivity contribution in [2.45, 2.75) is 13.0 Å². The number of hydrogen-bond donors (Lipinski definition) is 1. The molecule has 128 valence electrons. The molecule has 0 fully saturated rings. The fourth-order valence-corrected chi connectivity index (χ4v) is 3.50. The summed E-state index contributed by atoms with van der Waals surface area (Å²) in [7, 11) is 0. The van der Waals surface area contributed by atoms with E-state index in [1.165, 1.54) is 16.7 Å². The van der Waals surface area contributed by atoms with Gasteiger partial charge >= 0.3 is 0 Å². The van der Waals surface area contributed by atoms with Crippen molar-refractivity contribution in [1.82, 2.24) is 0 Å². The van der Waals surface area contributed by atoms with Crippen LogP contribution in [-0.4, -0.2) is 18.5 Å². The van der Waals surface area contributed by atoms with Crippen molar-refractivity contribution in [3.63, 3.8) is 0 Å². The number of carbonyl (C=O) groups is 1. The molecule has 2 aromatic carbocycles. The highest BCUT2D eigenvalue weighted by Gasteiger charge is 2.26. The van der Waals surface area contributed by atoms with Gasteiger partial charge in [0.2, 0.25) is 0 Å². The maximum Gasteiger partial charge on any atom is 0.151 e. The number of benzene rings is 2. The molecule has 1 aliphatic carbocycles. The van der Waals surface area contributed by atoms with Gasteiger partial charge in [-0.25, -0.2) is 0 Å². The summed E-state index contributed by atoms with van der Waals surface area (Å²) in [6.07, 6.45) is 10.7. The molecule has 2 aliphatic rings. The lowest BCUT2D eigenvalue weighted by atomic mass is 9.88. The number of anilines is 1. The van der Waals surface area contributed by atoms with Crippen LogP contribution in [0.3, 0.4) is 0 Å². The summed E-state index contributed by atoms with van der Waals surface area (Å²) in [5.74, 6) is 0.116. The first-order valence-corrected chi connectivity index (χ1v) is 8.77. The van der Waals surface area contributed by atoms with Crippen molar-refractivity contribution in [3.05, 3.63) is 89.7 Å². The van der Waals surface area contributed by atoms with Crippen LogP contribution in [0.1, 0.15) is 5.56 Å². The first kappa shape index (κ1) is 16.3. The third-order valence-corrected chi connectivity index (χ3v) is 4.90. The molecule has 0 radical (unpaired) electrons. The number of dihydropyridines is 1. The number of rotatable bonds is 4. The van der Waals surface area contributed by atoms with Gasteiger partial charge in [0.25, 0.3) is 0 Å². The van der Waals surface area contributed by atoms with Crippen LogP contribution < -0.4 is 5.32 Å². The number of nitrogens with zero attached hydrogens (tertiary/aromatic N) is 1. The molecule has 3 nitrogen and oxygen atoms in total. The lowest BCUT2D eigenvalue weighted by Crippen LogP contribution is -2.27. The molecule has 0 amide bonds. The topological polar surface area (TPSA) is 41.5 Å². The molecule has 1 N–H and O–H groups in total. The Morgan fingerprint density at radius 2 is 1.92 bits per heavy atom. The largest absolute Gasteiger partial charge is 0.357 e. The minimum Gasteiger partial charge on any atom is -0.357 e. The Hall–Kier alpha value is -3.20. The second-order valence-corrected chi connectivity index (χ2v) is 6.56. The molecule has 2 aromatic rings. The molecule has 2 atom stereocenters. The zero-order valence-electron chi connectivity index (χ0n) is 14.6. The summed E-state index contributed by atoms with van der Waals surface area (Å²) >= 11 is 0. The van der Waals surface area contributed by atoms with E-state index in [9.17, 15) is 4.79 Å². The Morgan fingerprint density at radius 3 is 2.73 bits per heavy atom. The maximum atomic E-state index is 11.0. The Bertz CT molecular complexity index is 951. The standard InChI is InChI=1S/C23H20N2O/c1-16-20(18-7-3-2-4-8-18)10-6-11-21(16)25-22-12-5-9-19-13-17(15-26)14-24-23(19)22/h2-15,19,23,25H,1H3. The second-order valence-electron chi connectivity index (χ2n) is 6.56. The highest BCUT2D eigenvalue weighted by molar-refractivity contribution is 6.02. The molecule has 2 unspecified atom stereocenters. The van der Waals surface area contributed by atoms with Crippen LogP contribution in [0.25, 0.3) is 11.1 Å². The van der Waals surface area contributed by atoms with Gasteiger partial charge in [-0.1, -0.05) is 60.7 Å². The number of aliphatic imine (C=N–C) groups is 1. The van der Waals surface area contributed by atoms with Crippen LogP contribution in [-0.2, 0) is 4.79 Å². The van der Waals surface area contributed by atoms with E-state index >= 15 is 0 Å². The fourth-order valence-electron chi connectivity index (χ4n) is 3.50. The van der Waals surface area contributed by atoms with Crippen molar-refractivity contribution >= 4 is 18.2 Å². The maximum absolute atomic E-state index is 11.0. The van der Waals surface area contributed by atoms with E-state index in [0.717, 1.165) is 17.7 Å². The van der Waals surface area contributed by atoms with Crippen LogP contribution in [0.5, 0.6) is 0 Å². The van der Waals surface area contributed by atoms with Gasteiger partial charge in [0.15, 0.2) is 6.29 Å². The van der Waals surface area contributed by atoms with Crippen molar-refractivity contribution in [2.24, 2.45) is 10.9 Å². The lowest BCUT2D eigenvalue weighted by Gasteiger charge is -2.28. The molecule has 0 spiro atoms. The van der Waals surface area contributed by atoms with Crippen molar-refractivity contribution < 1.29 is 4.79 Å². The first-order chi connectivity index (χ1) is 12.8. The molecule has 26 heavy (non-hydrogen) atoms. The summed E-state index contributed by atoms with van der Waals surface area (Å²) in [4.78, 5) is 15.6. The molecule has 0 saturated heterocycles. The third-order valence-electron chi connectivity index (χ3n) is 4.90. The third kappa shape index (κ3) is 3.04. The monoisotopic (exact) mass is 340 g/mol. The molecule has 1 aliphatic heterocycles. The number of aldehydes is 1. The Kier molecular flexibility index (Phi) is 4.36. The van der Waals surface area contributed by atoms with Crippen molar-refractivity contribution in [1.29, 1.82) is 0 Å². The minimum absolute atomic E-state index is 0.0107. The number of nitrogens with one attached hydrogen (secondary N) is 1. The number of carbonyl (C=O) groups excluding carboxylic acids is 1. The van der Waals surface area contributed by atoms with Gasteiger partial charge in [-0.2, -0.15) is 0 Å². The highest BCUT2D eigenvalue weighted by atomic mass is 16.1. The van der Waals surface area contributed by atoms with E-state index in [4.69, 9.17) is 0 Å². The lowest BCUT2D eigenvalue weighted by molar-refractivity contribution is -0.104. The van der Waals surface area contributed by atoms with E-state index in [2.05, 4.69) is 71.8 Å². The molecule has 3 heteroatoms. The molecular formula is C23H20N2O. The molecule has 0 bridgehead atoms. The molecule has 0 aromatic heterocycles. The first-order valence-electron chi connectivity index (χ1n) is 8.77. The predicted octanol–water partition coefficient (Wildman–Crippen LogP) is 4.72. The number of allylic oxidation sites excluding steroid dienone is 3. The van der Waals surface area contributed by atoms with E-state index in [1.54, 1.807) is 6.21 Å². The quantitative estimate of drug-likeness (QED) is 0.818. The van der Waals surface area contributed by atoms with E-state index < -0.39 is 0 Å². The van der Waals surface area contributed by atoms with E-state index in [-0.39, 0.29) is 12.0 Å². The SMILES string of the molecule is Cc1c(NC2=CC=CC3C=C(C=O)C=NC23)cccc1-c1ccccc1. The Balaban J connectivity index is 1.63. The number of fused-ring (bicyclic) bond motifs is 1. The molecule has 4 rings (SSSR count). The van der Waals surface area contributed by atoms with Crippen LogP contribution in [0.4, 0.5) is 5.69 Å². The van der Waals surface area contributed by atoms with Crippen LogP contribution in [0, 0.1) is 12.8 Å². The van der Waals surface area contributed by atoms with E-state index in [1.807, 2.05) is 18.2 Å². The van der Waals surface area contributed by atoms with E-state index in [0.29, 0.717) is 5.57 Å². The Morgan fingerprint density at radius 1 is 1.08 bits per heavy atom. The molecule has 0 saturated carbocycles.